The Morgan fingerprint density at radius 2 is 1.90 bits per heavy atom. The average molecular weight is 434 g/mol. The molecular weight excluding hydrogens is 419 g/mol. The number of benzene rings is 1. The van der Waals surface area contributed by atoms with Crippen LogP contribution in [0, 0.1) is 5.82 Å². The van der Waals surface area contributed by atoms with Gasteiger partial charge in [0.25, 0.3) is 15.9 Å². The van der Waals surface area contributed by atoms with E-state index in [1.165, 1.54) is 24.5 Å². The number of nitrogens with zero attached hydrogens (tertiary/aromatic N) is 2. The van der Waals surface area contributed by atoms with Crippen molar-refractivity contribution in [3.63, 3.8) is 0 Å². The maximum Gasteiger partial charge on any atom is 0.253 e. The van der Waals surface area contributed by atoms with Crippen molar-refractivity contribution in [2.45, 2.75) is 23.2 Å². The largest absolute Gasteiger partial charge is 0.468 e. The van der Waals surface area contributed by atoms with E-state index in [1.807, 2.05) is 0 Å². The summed E-state index contributed by atoms with van der Waals surface area (Å²) in [5.41, 5.74) is 0.190. The lowest BCUT2D eigenvalue weighted by atomic mass is 10.2. The van der Waals surface area contributed by atoms with Gasteiger partial charge in [-0.2, -0.15) is 4.31 Å². The number of sulfonamides is 1. The number of rotatable bonds is 6. The first-order valence-electron chi connectivity index (χ1n) is 8.58. The highest BCUT2D eigenvalue weighted by atomic mass is 32.2. The van der Waals surface area contributed by atoms with Crippen molar-refractivity contribution in [2.24, 2.45) is 0 Å². The van der Waals surface area contributed by atoms with E-state index in [0.29, 0.717) is 5.76 Å². The van der Waals surface area contributed by atoms with Crippen LogP contribution in [0.5, 0.6) is 0 Å². The molecule has 2 aromatic heterocycles. The second-order valence-corrected chi connectivity index (χ2v) is 9.39. The number of halogens is 1. The van der Waals surface area contributed by atoms with Gasteiger partial charge in [0.05, 0.1) is 24.9 Å². The molecule has 1 aliphatic rings. The highest BCUT2D eigenvalue weighted by Gasteiger charge is 2.47. The third-order valence-corrected chi connectivity index (χ3v) is 7.73. The summed E-state index contributed by atoms with van der Waals surface area (Å²) in [6.07, 6.45) is 1.08. The Kier molecular flexibility index (Phi) is 5.07. The normalized spacial score (nSPS) is 17.4. The Labute approximate surface area is 170 Å². The van der Waals surface area contributed by atoms with Gasteiger partial charge in [-0.1, -0.05) is 6.07 Å². The summed E-state index contributed by atoms with van der Waals surface area (Å²) in [6, 6.07) is 9.87. The fourth-order valence-corrected chi connectivity index (χ4v) is 5.81. The summed E-state index contributed by atoms with van der Waals surface area (Å²) in [5.74, 6) is -1.42. The summed E-state index contributed by atoms with van der Waals surface area (Å²) in [4.78, 5) is 26.5. The Morgan fingerprint density at radius 1 is 1.14 bits per heavy atom. The van der Waals surface area contributed by atoms with Gasteiger partial charge in [-0.3, -0.25) is 9.59 Å². The Bertz CT molecular complexity index is 1130. The molecule has 0 radical (unpaired) electrons. The molecule has 1 atom stereocenters. The molecule has 3 heterocycles. The van der Waals surface area contributed by atoms with Crippen LogP contribution < -0.4 is 4.90 Å². The zero-order valence-corrected chi connectivity index (χ0v) is 16.5. The molecule has 0 aliphatic carbocycles. The van der Waals surface area contributed by atoms with Crippen LogP contribution in [0.3, 0.4) is 0 Å². The number of anilines is 1. The number of carbonyl (C=O) groups is 2. The van der Waals surface area contributed by atoms with Gasteiger partial charge in [-0.15, -0.1) is 11.3 Å². The molecule has 4 rings (SSSR count). The Morgan fingerprint density at radius 3 is 2.52 bits per heavy atom. The van der Waals surface area contributed by atoms with Crippen LogP contribution in [-0.4, -0.2) is 30.6 Å². The predicted molar refractivity (Wildman–Crippen MR) is 103 cm³/mol. The van der Waals surface area contributed by atoms with Crippen LogP contribution >= 0.6 is 11.3 Å². The molecule has 1 aromatic carbocycles. The molecule has 1 aliphatic heterocycles. The smallest absolute Gasteiger partial charge is 0.253 e. The SMILES string of the molecule is O=C1CC(N(Cc2ccco2)S(=O)(=O)c2cccs2)C(=O)N1c1ccc(F)cc1. The maximum atomic E-state index is 13.2. The molecule has 0 saturated carbocycles. The predicted octanol–water partition coefficient (Wildman–Crippen LogP) is 3.00. The van der Waals surface area contributed by atoms with Crippen molar-refractivity contribution in [3.8, 4) is 0 Å². The van der Waals surface area contributed by atoms with Gasteiger partial charge < -0.3 is 4.42 Å². The minimum absolute atomic E-state index is 0.0598. The van der Waals surface area contributed by atoms with Gasteiger partial charge in [0.2, 0.25) is 5.91 Å². The number of thiophene rings is 1. The quantitative estimate of drug-likeness (QED) is 0.557. The standard InChI is InChI=1S/C19H15FN2O5S2/c20-13-5-7-14(8-6-13)22-17(23)11-16(19(22)24)21(12-15-3-1-9-27-15)29(25,26)18-4-2-10-28-18/h1-10,16H,11-12H2. The summed E-state index contributed by atoms with van der Waals surface area (Å²) in [6.45, 7) is -0.200. The summed E-state index contributed by atoms with van der Waals surface area (Å²) in [5, 5.41) is 1.62. The van der Waals surface area contributed by atoms with Crippen molar-refractivity contribution in [1.29, 1.82) is 0 Å². The Balaban J connectivity index is 1.72. The molecule has 29 heavy (non-hydrogen) atoms. The van der Waals surface area contributed by atoms with E-state index in [9.17, 15) is 22.4 Å². The van der Waals surface area contributed by atoms with Crippen molar-refractivity contribution in [1.82, 2.24) is 4.31 Å². The fourth-order valence-electron chi connectivity index (χ4n) is 3.15. The van der Waals surface area contributed by atoms with Crippen LogP contribution in [0.25, 0.3) is 0 Å². The Hall–Kier alpha value is -2.82. The molecule has 0 spiro atoms. The van der Waals surface area contributed by atoms with E-state index >= 15 is 0 Å². The first kappa shape index (κ1) is 19.5. The number of amides is 2. The van der Waals surface area contributed by atoms with E-state index in [2.05, 4.69) is 0 Å². The third kappa shape index (κ3) is 3.61. The first-order chi connectivity index (χ1) is 13.9. The lowest BCUT2D eigenvalue weighted by Gasteiger charge is -2.25. The van der Waals surface area contributed by atoms with Crippen LogP contribution in [0.2, 0.25) is 0 Å². The summed E-state index contributed by atoms with van der Waals surface area (Å²) < 4.78 is 45.9. The first-order valence-corrected chi connectivity index (χ1v) is 10.9. The van der Waals surface area contributed by atoms with Crippen LogP contribution in [0.15, 0.2) is 68.8 Å². The van der Waals surface area contributed by atoms with E-state index in [-0.39, 0.29) is 22.9 Å². The molecular formula is C19H15FN2O5S2. The number of carbonyl (C=O) groups excluding carboxylic acids is 2. The molecule has 10 heteroatoms. The van der Waals surface area contributed by atoms with E-state index in [0.717, 1.165) is 32.7 Å². The van der Waals surface area contributed by atoms with E-state index in [4.69, 9.17) is 4.42 Å². The lowest BCUT2D eigenvalue weighted by molar-refractivity contribution is -0.122. The zero-order valence-electron chi connectivity index (χ0n) is 14.9. The van der Waals surface area contributed by atoms with E-state index in [1.54, 1.807) is 23.6 Å². The van der Waals surface area contributed by atoms with Crippen LogP contribution in [0.1, 0.15) is 12.2 Å². The molecule has 0 bridgehead atoms. The minimum atomic E-state index is -4.05. The van der Waals surface area contributed by atoms with E-state index < -0.39 is 33.7 Å². The fraction of sp³-hybridized carbons (Fsp3) is 0.158. The number of imide groups is 1. The molecule has 0 N–H and O–H groups in total. The van der Waals surface area contributed by atoms with Gasteiger partial charge in [-0.05, 0) is 47.8 Å². The topological polar surface area (TPSA) is 87.9 Å². The van der Waals surface area contributed by atoms with Gasteiger partial charge in [0.1, 0.15) is 21.8 Å². The van der Waals surface area contributed by atoms with Gasteiger partial charge >= 0.3 is 0 Å². The number of hydrogen-bond acceptors (Lipinski definition) is 6. The minimum Gasteiger partial charge on any atom is -0.468 e. The van der Waals surface area contributed by atoms with Crippen molar-refractivity contribution in [3.05, 3.63) is 71.8 Å². The average Bonchev–Trinajstić information content (AvgIpc) is 3.43. The van der Waals surface area contributed by atoms with Gasteiger partial charge in [0.15, 0.2) is 0 Å². The molecule has 150 valence electrons. The molecule has 3 aromatic rings. The monoisotopic (exact) mass is 434 g/mol. The second kappa shape index (κ2) is 7.54. The van der Waals surface area contributed by atoms with Crippen molar-refractivity contribution < 1.29 is 26.8 Å². The lowest BCUT2D eigenvalue weighted by Crippen LogP contribution is -2.44. The zero-order chi connectivity index (χ0) is 20.6. The van der Waals surface area contributed by atoms with Crippen LogP contribution in [-0.2, 0) is 26.2 Å². The molecule has 7 nitrogen and oxygen atoms in total. The van der Waals surface area contributed by atoms with Crippen molar-refractivity contribution in [2.75, 3.05) is 4.90 Å². The highest BCUT2D eigenvalue weighted by molar-refractivity contribution is 7.91. The molecule has 1 saturated heterocycles. The highest BCUT2D eigenvalue weighted by Crippen LogP contribution is 2.32. The van der Waals surface area contributed by atoms with Crippen molar-refractivity contribution >= 4 is 38.9 Å². The second-order valence-electron chi connectivity index (χ2n) is 6.33. The summed E-state index contributed by atoms with van der Waals surface area (Å²) in [7, 11) is -4.05. The maximum absolute atomic E-state index is 13.2. The molecule has 1 unspecified atom stereocenters. The number of hydrogen-bond donors (Lipinski definition) is 0. The third-order valence-electron chi connectivity index (χ3n) is 4.51. The molecule has 2 amide bonds. The number of furan rings is 1. The van der Waals surface area contributed by atoms with Crippen LogP contribution in [0.4, 0.5) is 10.1 Å². The molecule has 1 fully saturated rings. The summed E-state index contributed by atoms with van der Waals surface area (Å²) >= 11 is 1.02. The van der Waals surface area contributed by atoms with Gasteiger partial charge in [0, 0.05) is 0 Å². The van der Waals surface area contributed by atoms with Gasteiger partial charge in [-0.25, -0.2) is 17.7 Å².